The van der Waals surface area contributed by atoms with Gasteiger partial charge in [-0.05, 0) is 42.3 Å². The molecule has 0 unspecified atom stereocenters. The summed E-state index contributed by atoms with van der Waals surface area (Å²) in [4.78, 5) is 16.4. The number of hydrogen-bond acceptors (Lipinski definition) is 3. The summed E-state index contributed by atoms with van der Waals surface area (Å²) in [7, 11) is 0. The summed E-state index contributed by atoms with van der Waals surface area (Å²) in [6.07, 6.45) is 0.177. The fourth-order valence-corrected chi connectivity index (χ4v) is 3.20. The molecule has 3 rings (SSSR count). The number of benzene rings is 2. The highest BCUT2D eigenvalue weighted by atomic mass is 35.5. The number of aromatic nitrogens is 1. The number of carbonyl (C=O) groups excluding carboxylic acids is 1. The lowest BCUT2D eigenvalue weighted by Crippen LogP contribution is -2.14. The first kappa shape index (κ1) is 14.9. The number of nitrogens with zero attached hydrogens (tertiary/aromatic N) is 1. The normalized spacial score (nSPS) is 10.9. The molecule has 112 valence electrons. The monoisotopic (exact) mass is 334 g/mol. The van der Waals surface area contributed by atoms with Crippen molar-refractivity contribution >= 4 is 44.2 Å². The molecule has 0 aliphatic heterocycles. The number of carbonyl (C=O) groups is 1. The minimum Gasteiger partial charge on any atom is -0.302 e. The van der Waals surface area contributed by atoms with Crippen molar-refractivity contribution in [2.24, 2.45) is 0 Å². The zero-order valence-electron chi connectivity index (χ0n) is 11.7. The molecule has 0 saturated heterocycles. The van der Waals surface area contributed by atoms with Crippen LogP contribution in [0.4, 0.5) is 9.52 Å². The molecule has 0 aliphatic carbocycles. The number of fused-ring (bicyclic) bond motifs is 1. The van der Waals surface area contributed by atoms with Crippen molar-refractivity contribution in [2.45, 2.75) is 13.3 Å². The van der Waals surface area contributed by atoms with E-state index in [1.54, 1.807) is 12.1 Å². The molecule has 22 heavy (non-hydrogen) atoms. The van der Waals surface area contributed by atoms with Crippen LogP contribution >= 0.6 is 22.9 Å². The molecular weight excluding hydrogens is 323 g/mol. The topological polar surface area (TPSA) is 42.0 Å². The maximum absolute atomic E-state index is 12.8. The Labute approximate surface area is 135 Å². The van der Waals surface area contributed by atoms with E-state index in [9.17, 15) is 9.18 Å². The van der Waals surface area contributed by atoms with Crippen molar-refractivity contribution in [2.75, 3.05) is 5.32 Å². The molecule has 0 aliphatic rings. The third kappa shape index (κ3) is 3.10. The highest BCUT2D eigenvalue weighted by Gasteiger charge is 2.11. The number of amides is 1. The van der Waals surface area contributed by atoms with Crippen molar-refractivity contribution in [1.29, 1.82) is 0 Å². The lowest BCUT2D eigenvalue weighted by molar-refractivity contribution is -0.115. The standard InChI is InChI=1S/C16H12ClFN2OS/c1-9-12(17)6-7-13-15(9)20-16(22-13)19-14(21)8-10-2-4-11(18)5-3-10/h2-7H,8H2,1H3,(H,19,20,21). The Balaban J connectivity index is 1.76. The van der Waals surface area contributed by atoms with E-state index >= 15 is 0 Å². The Bertz CT molecular complexity index is 845. The van der Waals surface area contributed by atoms with Crippen molar-refractivity contribution in [1.82, 2.24) is 4.98 Å². The van der Waals surface area contributed by atoms with Gasteiger partial charge >= 0.3 is 0 Å². The van der Waals surface area contributed by atoms with Gasteiger partial charge in [-0.3, -0.25) is 4.79 Å². The van der Waals surface area contributed by atoms with Crippen LogP contribution in [0.5, 0.6) is 0 Å². The second-order valence-corrected chi connectivity index (χ2v) is 6.33. The van der Waals surface area contributed by atoms with E-state index in [1.165, 1.54) is 23.5 Å². The quantitative estimate of drug-likeness (QED) is 0.761. The van der Waals surface area contributed by atoms with E-state index in [4.69, 9.17) is 11.6 Å². The highest BCUT2D eigenvalue weighted by molar-refractivity contribution is 7.22. The molecule has 1 aromatic heterocycles. The first-order valence-corrected chi connectivity index (χ1v) is 7.82. The molecule has 0 fully saturated rings. The summed E-state index contributed by atoms with van der Waals surface area (Å²) in [6.45, 7) is 1.90. The minimum atomic E-state index is -0.317. The fraction of sp³-hybridized carbons (Fsp3) is 0.125. The molecule has 0 atom stereocenters. The van der Waals surface area contributed by atoms with E-state index in [0.717, 1.165) is 21.3 Å². The maximum Gasteiger partial charge on any atom is 0.230 e. The number of aryl methyl sites for hydroxylation is 1. The predicted molar refractivity (Wildman–Crippen MR) is 88.1 cm³/mol. The molecule has 2 aromatic carbocycles. The zero-order chi connectivity index (χ0) is 15.7. The average molecular weight is 335 g/mol. The van der Waals surface area contributed by atoms with E-state index in [1.807, 2.05) is 19.1 Å². The molecule has 3 nitrogen and oxygen atoms in total. The summed E-state index contributed by atoms with van der Waals surface area (Å²) in [6, 6.07) is 9.57. The van der Waals surface area contributed by atoms with Gasteiger partial charge in [0.05, 0.1) is 16.6 Å². The van der Waals surface area contributed by atoms with Crippen molar-refractivity contribution in [3.63, 3.8) is 0 Å². The minimum absolute atomic E-state index is 0.177. The third-order valence-corrected chi connectivity index (χ3v) is 4.62. The summed E-state index contributed by atoms with van der Waals surface area (Å²) in [5.74, 6) is -0.503. The summed E-state index contributed by atoms with van der Waals surface area (Å²) in [5, 5.41) is 3.96. The summed E-state index contributed by atoms with van der Waals surface area (Å²) in [5.41, 5.74) is 2.45. The third-order valence-electron chi connectivity index (χ3n) is 3.27. The Morgan fingerprint density at radius 2 is 2.00 bits per heavy atom. The van der Waals surface area contributed by atoms with Gasteiger partial charge in [-0.15, -0.1) is 0 Å². The second kappa shape index (κ2) is 6.02. The molecule has 6 heteroatoms. The van der Waals surface area contributed by atoms with Gasteiger partial charge in [0.1, 0.15) is 5.82 Å². The van der Waals surface area contributed by atoms with E-state index in [0.29, 0.717) is 10.2 Å². The SMILES string of the molecule is Cc1c(Cl)ccc2sc(NC(=O)Cc3ccc(F)cc3)nc12. The van der Waals surface area contributed by atoms with Crippen LogP contribution in [0.2, 0.25) is 5.02 Å². The number of rotatable bonds is 3. The number of nitrogens with one attached hydrogen (secondary N) is 1. The summed E-state index contributed by atoms with van der Waals surface area (Å²) >= 11 is 7.47. The Hall–Kier alpha value is -1.98. The largest absolute Gasteiger partial charge is 0.302 e. The Morgan fingerprint density at radius 3 is 2.73 bits per heavy atom. The van der Waals surface area contributed by atoms with Crippen LogP contribution in [-0.4, -0.2) is 10.9 Å². The molecule has 1 N–H and O–H groups in total. The smallest absolute Gasteiger partial charge is 0.230 e. The lowest BCUT2D eigenvalue weighted by Gasteiger charge is -2.01. The van der Waals surface area contributed by atoms with Crippen molar-refractivity contribution in [3.05, 3.63) is 58.4 Å². The van der Waals surface area contributed by atoms with E-state index < -0.39 is 0 Å². The van der Waals surface area contributed by atoms with E-state index in [-0.39, 0.29) is 18.1 Å². The van der Waals surface area contributed by atoms with Crippen LogP contribution in [-0.2, 0) is 11.2 Å². The number of anilines is 1. The van der Waals surface area contributed by atoms with Crippen LogP contribution < -0.4 is 5.32 Å². The van der Waals surface area contributed by atoms with Crippen molar-refractivity contribution < 1.29 is 9.18 Å². The van der Waals surface area contributed by atoms with Gasteiger partial charge in [0, 0.05) is 5.02 Å². The first-order valence-electron chi connectivity index (χ1n) is 6.63. The zero-order valence-corrected chi connectivity index (χ0v) is 13.3. The van der Waals surface area contributed by atoms with Crippen LogP contribution in [0.3, 0.4) is 0 Å². The molecule has 3 aromatic rings. The molecule has 0 radical (unpaired) electrons. The molecule has 1 amide bonds. The predicted octanol–water partition coefficient (Wildman–Crippen LogP) is 4.58. The van der Waals surface area contributed by atoms with Gasteiger partial charge in [-0.25, -0.2) is 9.37 Å². The maximum atomic E-state index is 12.8. The van der Waals surface area contributed by atoms with Crippen LogP contribution in [0.1, 0.15) is 11.1 Å². The Kier molecular flexibility index (Phi) is 4.09. The average Bonchev–Trinajstić information content (AvgIpc) is 2.89. The van der Waals surface area contributed by atoms with E-state index in [2.05, 4.69) is 10.3 Å². The Morgan fingerprint density at radius 1 is 1.27 bits per heavy atom. The van der Waals surface area contributed by atoms with Gasteiger partial charge in [-0.1, -0.05) is 35.1 Å². The molecular formula is C16H12ClFN2OS. The lowest BCUT2D eigenvalue weighted by atomic mass is 10.1. The van der Waals surface area contributed by atoms with Gasteiger partial charge in [0.25, 0.3) is 0 Å². The van der Waals surface area contributed by atoms with Gasteiger partial charge in [-0.2, -0.15) is 0 Å². The molecule has 1 heterocycles. The first-order chi connectivity index (χ1) is 10.5. The summed E-state index contributed by atoms with van der Waals surface area (Å²) < 4.78 is 13.8. The fourth-order valence-electron chi connectivity index (χ4n) is 2.11. The van der Waals surface area contributed by atoms with Gasteiger partial charge in [0.15, 0.2) is 5.13 Å². The second-order valence-electron chi connectivity index (χ2n) is 4.89. The molecule has 0 spiro atoms. The van der Waals surface area contributed by atoms with Crippen molar-refractivity contribution in [3.8, 4) is 0 Å². The van der Waals surface area contributed by atoms with Gasteiger partial charge < -0.3 is 5.32 Å². The number of thiazole rings is 1. The molecule has 0 saturated carbocycles. The van der Waals surface area contributed by atoms with Gasteiger partial charge in [0.2, 0.25) is 5.91 Å². The number of hydrogen-bond donors (Lipinski definition) is 1. The van der Waals surface area contributed by atoms with Crippen LogP contribution in [0.15, 0.2) is 36.4 Å². The highest BCUT2D eigenvalue weighted by Crippen LogP contribution is 2.31. The number of halogens is 2. The molecule has 0 bridgehead atoms. The van der Waals surface area contributed by atoms with Crippen LogP contribution in [0, 0.1) is 12.7 Å². The van der Waals surface area contributed by atoms with Crippen LogP contribution in [0.25, 0.3) is 10.2 Å².